The number of ether oxygens (including phenoxy) is 2. The lowest BCUT2D eigenvalue weighted by Crippen LogP contribution is -2.60. The van der Waals surface area contributed by atoms with Gasteiger partial charge in [-0.25, -0.2) is 4.79 Å². The lowest BCUT2D eigenvalue weighted by Gasteiger charge is -2.41. The van der Waals surface area contributed by atoms with Gasteiger partial charge in [0.15, 0.2) is 0 Å². The summed E-state index contributed by atoms with van der Waals surface area (Å²) in [5, 5.41) is 21.7. The summed E-state index contributed by atoms with van der Waals surface area (Å²) in [5.74, 6) is -1.85. The van der Waals surface area contributed by atoms with Crippen molar-refractivity contribution in [1.29, 1.82) is 0 Å². The molecule has 12 atom stereocenters. The van der Waals surface area contributed by atoms with E-state index in [0.717, 1.165) is 31.2 Å². The first-order valence-corrected chi connectivity index (χ1v) is 23.6. The van der Waals surface area contributed by atoms with Gasteiger partial charge in [-0.2, -0.15) is 0 Å². The predicted octanol–water partition coefficient (Wildman–Crippen LogP) is 1.96. The van der Waals surface area contributed by atoms with Crippen molar-refractivity contribution < 1.29 is 43.3 Å². The van der Waals surface area contributed by atoms with Gasteiger partial charge >= 0.3 is 6.03 Å². The molecule has 4 unspecified atom stereocenters. The average molecular weight is 914 g/mol. The van der Waals surface area contributed by atoms with Crippen molar-refractivity contribution in [3.05, 3.63) is 29.8 Å². The Morgan fingerprint density at radius 1 is 1.00 bits per heavy atom. The molecule has 2 heterocycles. The number of nitrogens with one attached hydrogen (secondary N) is 4. The first kappa shape index (κ1) is 53.3. The second kappa shape index (κ2) is 25.0. The molecule has 2 saturated heterocycles. The summed E-state index contributed by atoms with van der Waals surface area (Å²) in [6, 6.07) is 3.49. The highest BCUT2D eigenvalue weighted by Crippen LogP contribution is 2.41. The normalized spacial score (nSPS) is 23.2. The van der Waals surface area contributed by atoms with Crippen LogP contribution in [0.25, 0.3) is 0 Å². The molecule has 2 aliphatic heterocycles. The quantitative estimate of drug-likeness (QED) is 0.0699. The third-order valence-electron chi connectivity index (χ3n) is 14.2. The highest BCUT2D eigenvalue weighted by molar-refractivity contribution is 5.94. The third-order valence-corrected chi connectivity index (χ3v) is 14.2. The zero-order chi connectivity index (χ0) is 48.1. The fourth-order valence-electron chi connectivity index (χ4n) is 10.3. The molecule has 1 aromatic rings. The first-order valence-electron chi connectivity index (χ1n) is 23.6. The third kappa shape index (κ3) is 13.8. The highest BCUT2D eigenvalue weighted by atomic mass is 16.5. The van der Waals surface area contributed by atoms with Gasteiger partial charge in [0.1, 0.15) is 6.04 Å². The number of carbonyl (C=O) groups is 6. The van der Waals surface area contributed by atoms with Crippen LogP contribution in [0.1, 0.15) is 98.0 Å². The van der Waals surface area contributed by atoms with Crippen LogP contribution in [0.5, 0.6) is 0 Å². The number of hydrogen-bond donors (Lipinski definition) is 7. The molecule has 1 saturated carbocycles. The van der Waals surface area contributed by atoms with Crippen LogP contribution in [-0.4, -0.2) is 158 Å². The molecular weight excluding hydrogens is 835 g/mol. The summed E-state index contributed by atoms with van der Waals surface area (Å²) in [5.41, 5.74) is 12.4. The standard InChI is InChI=1S/C47H79N9O9/c1-10-28(4)40(55(7)46(62)39(27(2)3)53-45(61)41-31-18-19-34(24-31)54(41)6)37(64-8)25-38(58)56-21-13-17-36(56)42(65-9)29(5)43(59)52-33(26-57)23-30-14-11-15-32(22-30)51-44(60)35(48)16-12-20-50-47(49)63/h11,14-15,22,27-29,31,33-37,39-42,57H,10,12-13,16-21,23-26,48H2,1-9H3,(H,51,60)(H,52,59)(H,53,61)(H3,49,50,63)/t28-,29+,31-,33?,34+,35?,36?,37+,39?,40-,41-,42+/m0/s1. The van der Waals surface area contributed by atoms with Crippen LogP contribution in [-0.2, 0) is 39.9 Å². The Labute approximate surface area is 386 Å². The van der Waals surface area contributed by atoms with Crippen molar-refractivity contribution in [2.24, 2.45) is 35.1 Å². The molecule has 18 nitrogen and oxygen atoms in total. The van der Waals surface area contributed by atoms with E-state index in [1.165, 1.54) is 7.11 Å². The number of nitrogens with zero attached hydrogens (tertiary/aromatic N) is 3. The molecule has 65 heavy (non-hydrogen) atoms. The molecule has 18 heteroatoms. The molecule has 0 spiro atoms. The van der Waals surface area contributed by atoms with Crippen molar-refractivity contribution in [3.63, 3.8) is 0 Å². The van der Waals surface area contributed by atoms with Gasteiger partial charge in [0, 0.05) is 46.1 Å². The molecule has 366 valence electrons. The van der Waals surface area contributed by atoms with E-state index >= 15 is 0 Å². The topological polar surface area (TPSA) is 251 Å². The Kier molecular flexibility index (Phi) is 20.5. The van der Waals surface area contributed by atoms with E-state index < -0.39 is 60.3 Å². The van der Waals surface area contributed by atoms with Crippen LogP contribution in [0, 0.1) is 23.7 Å². The summed E-state index contributed by atoms with van der Waals surface area (Å²) < 4.78 is 12.0. The van der Waals surface area contributed by atoms with Crippen LogP contribution in [0.4, 0.5) is 10.5 Å². The molecular formula is C47H79N9O9. The maximum Gasteiger partial charge on any atom is 0.312 e. The number of carbonyl (C=O) groups excluding carboxylic acids is 6. The largest absolute Gasteiger partial charge is 0.394 e. The molecule has 0 radical (unpaired) electrons. The first-order chi connectivity index (χ1) is 30.9. The number of piperidine rings is 1. The summed E-state index contributed by atoms with van der Waals surface area (Å²) in [6.45, 7) is 10.1. The number of benzene rings is 1. The zero-order valence-corrected chi connectivity index (χ0v) is 40.2. The van der Waals surface area contributed by atoms with Crippen molar-refractivity contribution in [3.8, 4) is 0 Å². The number of amides is 7. The number of likely N-dealkylation sites (N-methyl/N-ethyl adjacent to an activating group) is 2. The second-order valence-corrected chi connectivity index (χ2v) is 19.0. The Morgan fingerprint density at radius 3 is 2.32 bits per heavy atom. The number of nitrogens with two attached hydrogens (primary N) is 2. The smallest absolute Gasteiger partial charge is 0.312 e. The minimum atomic E-state index is -0.803. The Hall–Kier alpha value is -4.36. The minimum absolute atomic E-state index is 0.00222. The number of likely N-dealkylation sites (tertiary alicyclic amines) is 2. The monoisotopic (exact) mass is 914 g/mol. The van der Waals surface area contributed by atoms with E-state index in [1.54, 1.807) is 49.1 Å². The second-order valence-electron chi connectivity index (χ2n) is 19.0. The van der Waals surface area contributed by atoms with E-state index in [1.807, 2.05) is 40.8 Å². The Morgan fingerprint density at radius 2 is 1.72 bits per heavy atom. The Balaban J connectivity index is 1.39. The van der Waals surface area contributed by atoms with Gasteiger partial charge in [-0.1, -0.05) is 53.2 Å². The summed E-state index contributed by atoms with van der Waals surface area (Å²) in [6.07, 6.45) is 4.96. The fourth-order valence-corrected chi connectivity index (χ4v) is 10.3. The number of hydrogen-bond acceptors (Lipinski definition) is 11. The van der Waals surface area contributed by atoms with E-state index in [2.05, 4.69) is 26.2 Å². The van der Waals surface area contributed by atoms with E-state index in [4.69, 9.17) is 20.9 Å². The lowest BCUT2D eigenvalue weighted by atomic mass is 9.89. The summed E-state index contributed by atoms with van der Waals surface area (Å²) >= 11 is 0. The number of fused-ring (bicyclic) bond motifs is 2. The molecule has 9 N–H and O–H groups in total. The van der Waals surface area contributed by atoms with Gasteiger partial charge in [-0.05, 0) is 93.9 Å². The van der Waals surface area contributed by atoms with Crippen LogP contribution >= 0.6 is 0 Å². The minimum Gasteiger partial charge on any atom is -0.394 e. The maximum absolute atomic E-state index is 14.4. The number of rotatable bonds is 25. The van der Waals surface area contributed by atoms with Gasteiger partial charge in [0.25, 0.3) is 0 Å². The molecule has 0 aromatic heterocycles. The van der Waals surface area contributed by atoms with Gasteiger partial charge in [0.05, 0.1) is 61.4 Å². The number of aliphatic hydroxyl groups is 1. The summed E-state index contributed by atoms with van der Waals surface area (Å²) in [4.78, 5) is 85.5. The molecule has 1 aromatic carbocycles. The number of primary amides is 1. The number of urea groups is 1. The van der Waals surface area contributed by atoms with Gasteiger partial charge in [-0.3, -0.25) is 28.9 Å². The van der Waals surface area contributed by atoms with E-state index in [-0.39, 0.29) is 61.0 Å². The maximum atomic E-state index is 14.4. The predicted molar refractivity (Wildman–Crippen MR) is 248 cm³/mol. The summed E-state index contributed by atoms with van der Waals surface area (Å²) in [7, 11) is 6.82. The molecule has 1 aliphatic carbocycles. The average Bonchev–Trinajstić information content (AvgIpc) is 4.04. The van der Waals surface area contributed by atoms with Crippen LogP contribution in [0.15, 0.2) is 24.3 Å². The number of methoxy groups -OCH3 is 2. The molecule has 2 bridgehead atoms. The molecule has 3 fully saturated rings. The van der Waals surface area contributed by atoms with Crippen LogP contribution in [0.2, 0.25) is 0 Å². The van der Waals surface area contributed by atoms with Gasteiger partial charge in [0.2, 0.25) is 29.5 Å². The van der Waals surface area contributed by atoms with Crippen molar-refractivity contribution in [2.75, 3.05) is 53.3 Å². The SMILES string of the molecule is CC[C@H](C)[C@@H]([C@@H](CC(=O)N1CCCC1[C@H](OC)[C@@H](C)C(=O)NC(CO)Cc1cccc(NC(=O)C(N)CCCNC(N)=O)c1)OC)N(C)C(=O)C(NC(=O)[C@@H]1[C@H]2CC[C@H](C2)N1C)C(C)C. The number of anilines is 1. The molecule has 3 aliphatic rings. The fraction of sp³-hybridized carbons (Fsp3) is 0.745. The van der Waals surface area contributed by atoms with E-state index in [9.17, 15) is 33.9 Å². The lowest BCUT2D eigenvalue weighted by molar-refractivity contribution is -0.148. The van der Waals surface area contributed by atoms with Crippen LogP contribution in [0.3, 0.4) is 0 Å². The number of aliphatic hydroxyl groups excluding tert-OH is 1. The van der Waals surface area contributed by atoms with Crippen LogP contribution < -0.4 is 32.7 Å². The van der Waals surface area contributed by atoms with E-state index in [0.29, 0.717) is 56.4 Å². The van der Waals surface area contributed by atoms with Gasteiger partial charge < -0.3 is 57.1 Å². The van der Waals surface area contributed by atoms with Crippen molar-refractivity contribution in [1.82, 2.24) is 30.7 Å². The Bertz CT molecular complexity index is 1770. The zero-order valence-electron chi connectivity index (χ0n) is 40.2. The molecule has 4 rings (SSSR count). The highest BCUT2D eigenvalue weighted by Gasteiger charge is 2.49. The van der Waals surface area contributed by atoms with Crippen molar-refractivity contribution in [2.45, 2.75) is 153 Å². The van der Waals surface area contributed by atoms with Gasteiger partial charge in [-0.15, -0.1) is 0 Å². The van der Waals surface area contributed by atoms with Crippen molar-refractivity contribution >= 4 is 41.3 Å². The molecule has 7 amide bonds.